The van der Waals surface area contributed by atoms with Gasteiger partial charge in [0.2, 0.25) is 5.91 Å². The van der Waals surface area contributed by atoms with E-state index in [0.717, 1.165) is 12.8 Å². The van der Waals surface area contributed by atoms with E-state index >= 15 is 0 Å². The molecule has 1 aliphatic rings. The van der Waals surface area contributed by atoms with Crippen LogP contribution in [-0.4, -0.2) is 18.3 Å². The Labute approximate surface area is 78.0 Å². The van der Waals surface area contributed by atoms with E-state index in [1.54, 1.807) is 0 Å². The van der Waals surface area contributed by atoms with Gasteiger partial charge in [0.15, 0.2) is 0 Å². The van der Waals surface area contributed by atoms with Gasteiger partial charge in [0.1, 0.15) is 5.88 Å². The molecule has 1 N–H and O–H groups in total. The summed E-state index contributed by atoms with van der Waals surface area (Å²) < 4.78 is 0. The number of rotatable bonds is 3. The molecular weight excluding hydrogens is 174 g/mol. The molecule has 0 unspecified atom stereocenters. The van der Waals surface area contributed by atoms with Crippen LogP contribution in [0.25, 0.3) is 0 Å². The van der Waals surface area contributed by atoms with Gasteiger partial charge in [0, 0.05) is 6.54 Å². The van der Waals surface area contributed by atoms with E-state index in [0.29, 0.717) is 6.54 Å². The van der Waals surface area contributed by atoms with Gasteiger partial charge in [-0.25, -0.2) is 0 Å². The number of hydrogen-bond acceptors (Lipinski definition) is 1. The van der Waals surface area contributed by atoms with Crippen molar-refractivity contribution in [3.05, 3.63) is 11.6 Å². The lowest BCUT2D eigenvalue weighted by atomic mass is 10.00. The Morgan fingerprint density at radius 3 is 3.00 bits per heavy atom. The molecule has 0 aliphatic heterocycles. The molecule has 0 aromatic heterocycles. The predicted molar refractivity (Wildman–Crippen MR) is 50.3 cm³/mol. The molecule has 0 atom stereocenters. The Kier molecular flexibility index (Phi) is 4.15. The Morgan fingerprint density at radius 1 is 1.58 bits per heavy atom. The van der Waals surface area contributed by atoms with Gasteiger partial charge in [0.05, 0.1) is 0 Å². The van der Waals surface area contributed by atoms with Crippen molar-refractivity contribution in [1.82, 2.24) is 5.32 Å². The lowest BCUT2D eigenvalue weighted by Gasteiger charge is -2.12. The topological polar surface area (TPSA) is 29.1 Å². The molecule has 0 heterocycles. The van der Waals surface area contributed by atoms with Gasteiger partial charge in [-0.15, -0.1) is 11.6 Å². The summed E-state index contributed by atoms with van der Waals surface area (Å²) in [5.41, 5.74) is 1.35. The maximum absolute atomic E-state index is 10.8. The Balaban J connectivity index is 2.21. The number of nitrogens with one attached hydrogen (secondary N) is 1. The van der Waals surface area contributed by atoms with Crippen molar-refractivity contribution in [2.24, 2.45) is 0 Å². The summed E-state index contributed by atoms with van der Waals surface area (Å²) in [5, 5.41) is 2.76. The molecule has 0 fully saturated rings. The van der Waals surface area contributed by atoms with Crippen molar-refractivity contribution in [2.75, 3.05) is 12.4 Å². The fraction of sp³-hybridized carbons (Fsp3) is 0.667. The van der Waals surface area contributed by atoms with E-state index in [1.165, 1.54) is 18.4 Å². The first-order valence-electron chi connectivity index (χ1n) is 4.33. The van der Waals surface area contributed by atoms with Crippen molar-refractivity contribution >= 4 is 17.5 Å². The molecular formula is C9H14ClNO. The standard InChI is InChI=1S/C9H14ClNO/c10-6-9(12)11-7-8-4-2-1-3-5-8/h4H,1-3,5-7H2,(H,11,12). The SMILES string of the molecule is O=C(CCl)NCC1=CCCCC1. The van der Waals surface area contributed by atoms with Crippen LogP contribution in [0.15, 0.2) is 11.6 Å². The van der Waals surface area contributed by atoms with Crippen molar-refractivity contribution < 1.29 is 4.79 Å². The molecule has 0 saturated carbocycles. The molecule has 2 nitrogen and oxygen atoms in total. The highest BCUT2D eigenvalue weighted by atomic mass is 35.5. The molecule has 0 spiro atoms. The van der Waals surface area contributed by atoms with Gasteiger partial charge in [-0.05, 0) is 25.7 Å². The van der Waals surface area contributed by atoms with E-state index in [-0.39, 0.29) is 11.8 Å². The lowest BCUT2D eigenvalue weighted by molar-refractivity contribution is -0.118. The van der Waals surface area contributed by atoms with Gasteiger partial charge in [-0.1, -0.05) is 11.6 Å². The van der Waals surface area contributed by atoms with Crippen LogP contribution in [0.2, 0.25) is 0 Å². The van der Waals surface area contributed by atoms with Crippen LogP contribution in [0.4, 0.5) is 0 Å². The number of carbonyl (C=O) groups excluding carboxylic acids is 1. The Bertz CT molecular complexity index is 189. The monoisotopic (exact) mass is 187 g/mol. The number of hydrogen-bond donors (Lipinski definition) is 1. The summed E-state index contributed by atoms with van der Waals surface area (Å²) in [4.78, 5) is 10.8. The zero-order valence-corrected chi connectivity index (χ0v) is 7.86. The summed E-state index contributed by atoms with van der Waals surface area (Å²) in [7, 11) is 0. The van der Waals surface area contributed by atoms with Crippen LogP contribution in [0.3, 0.4) is 0 Å². The summed E-state index contributed by atoms with van der Waals surface area (Å²) in [6.45, 7) is 0.686. The third-order valence-corrected chi connectivity index (χ3v) is 2.26. The average molecular weight is 188 g/mol. The second kappa shape index (κ2) is 5.20. The van der Waals surface area contributed by atoms with E-state index in [9.17, 15) is 4.79 Å². The third-order valence-electron chi connectivity index (χ3n) is 2.02. The van der Waals surface area contributed by atoms with Crippen LogP contribution in [-0.2, 0) is 4.79 Å². The second-order valence-electron chi connectivity index (χ2n) is 3.02. The number of allylic oxidation sites excluding steroid dienone is 1. The fourth-order valence-electron chi connectivity index (χ4n) is 1.32. The predicted octanol–water partition coefficient (Wildman–Crippen LogP) is 1.84. The quantitative estimate of drug-likeness (QED) is 0.530. The highest BCUT2D eigenvalue weighted by Gasteiger charge is 2.04. The van der Waals surface area contributed by atoms with Crippen LogP contribution in [0, 0.1) is 0 Å². The van der Waals surface area contributed by atoms with Crippen LogP contribution in [0.1, 0.15) is 25.7 Å². The lowest BCUT2D eigenvalue weighted by Crippen LogP contribution is -2.26. The fourth-order valence-corrected chi connectivity index (χ4v) is 1.42. The Morgan fingerprint density at radius 2 is 2.42 bits per heavy atom. The normalized spacial score (nSPS) is 16.9. The third kappa shape index (κ3) is 3.26. The van der Waals surface area contributed by atoms with E-state index in [1.807, 2.05) is 0 Å². The van der Waals surface area contributed by atoms with Gasteiger partial charge >= 0.3 is 0 Å². The smallest absolute Gasteiger partial charge is 0.235 e. The number of carbonyl (C=O) groups is 1. The van der Waals surface area contributed by atoms with Crippen LogP contribution >= 0.6 is 11.6 Å². The van der Waals surface area contributed by atoms with Crippen molar-refractivity contribution in [3.63, 3.8) is 0 Å². The maximum atomic E-state index is 10.8. The van der Waals surface area contributed by atoms with Gasteiger partial charge in [0.25, 0.3) is 0 Å². The minimum Gasteiger partial charge on any atom is -0.351 e. The molecule has 1 aliphatic carbocycles. The van der Waals surface area contributed by atoms with E-state index < -0.39 is 0 Å². The van der Waals surface area contributed by atoms with E-state index in [4.69, 9.17) is 11.6 Å². The summed E-state index contributed by atoms with van der Waals surface area (Å²) in [6.07, 6.45) is 7.04. The summed E-state index contributed by atoms with van der Waals surface area (Å²) >= 11 is 5.34. The summed E-state index contributed by atoms with van der Waals surface area (Å²) in [6, 6.07) is 0. The molecule has 3 heteroatoms. The molecule has 0 aromatic rings. The summed E-state index contributed by atoms with van der Waals surface area (Å²) in [5.74, 6) is -0.0176. The van der Waals surface area contributed by atoms with Gasteiger partial charge < -0.3 is 5.32 Å². The van der Waals surface area contributed by atoms with Crippen LogP contribution in [0.5, 0.6) is 0 Å². The minimum absolute atomic E-state index is 0.0628. The number of amides is 1. The van der Waals surface area contributed by atoms with Gasteiger partial charge in [-0.2, -0.15) is 0 Å². The molecule has 12 heavy (non-hydrogen) atoms. The average Bonchev–Trinajstić information content (AvgIpc) is 2.16. The molecule has 1 amide bonds. The molecule has 0 bridgehead atoms. The van der Waals surface area contributed by atoms with Crippen molar-refractivity contribution in [1.29, 1.82) is 0 Å². The van der Waals surface area contributed by atoms with Crippen LogP contribution < -0.4 is 5.32 Å². The first kappa shape index (κ1) is 9.59. The van der Waals surface area contributed by atoms with Crippen molar-refractivity contribution in [2.45, 2.75) is 25.7 Å². The number of alkyl halides is 1. The first-order chi connectivity index (χ1) is 5.83. The van der Waals surface area contributed by atoms with E-state index in [2.05, 4.69) is 11.4 Å². The second-order valence-corrected chi connectivity index (χ2v) is 3.29. The molecule has 1 rings (SSSR count). The zero-order valence-electron chi connectivity index (χ0n) is 7.11. The number of halogens is 1. The highest BCUT2D eigenvalue weighted by molar-refractivity contribution is 6.27. The largest absolute Gasteiger partial charge is 0.351 e. The first-order valence-corrected chi connectivity index (χ1v) is 4.87. The zero-order chi connectivity index (χ0) is 8.81. The Hall–Kier alpha value is -0.500. The molecule has 0 radical (unpaired) electrons. The minimum atomic E-state index is -0.0804. The molecule has 0 aromatic carbocycles. The highest BCUT2D eigenvalue weighted by Crippen LogP contribution is 2.16. The van der Waals surface area contributed by atoms with Gasteiger partial charge in [-0.3, -0.25) is 4.79 Å². The van der Waals surface area contributed by atoms with Crippen molar-refractivity contribution in [3.8, 4) is 0 Å². The maximum Gasteiger partial charge on any atom is 0.235 e. The molecule has 68 valence electrons. The molecule has 0 saturated heterocycles.